The number of carbonyl (C=O) groups is 3. The number of rotatable bonds is 4. The fraction of sp³-hybridized carbons (Fsp3) is 0. The number of anilines is 1. The van der Waals surface area contributed by atoms with Gasteiger partial charge in [-0.2, -0.15) is 0 Å². The first-order valence-corrected chi connectivity index (χ1v) is 7.54. The zero-order valence-electron chi connectivity index (χ0n) is 11.8. The number of amides is 1. The minimum Gasteiger partial charge on any atom is -0.477 e. The summed E-state index contributed by atoms with van der Waals surface area (Å²) in [6.07, 6.45) is 0. The summed E-state index contributed by atoms with van der Waals surface area (Å²) in [6.45, 7) is 0. The molecule has 0 spiro atoms. The van der Waals surface area contributed by atoms with Crippen molar-refractivity contribution in [1.82, 2.24) is 0 Å². The van der Waals surface area contributed by atoms with Gasteiger partial charge in [0.1, 0.15) is 4.88 Å². The average Bonchev–Trinajstić information content (AvgIpc) is 2.98. The van der Waals surface area contributed by atoms with Gasteiger partial charge in [-0.1, -0.05) is 36.4 Å². The molecule has 0 fully saturated rings. The first-order chi connectivity index (χ1) is 11.0. The number of Topliss-reactive ketones (excluding diaryl/α,β-unsaturated/α-hetero) is 1. The van der Waals surface area contributed by atoms with Crippen LogP contribution in [0.25, 0.3) is 10.1 Å². The molecule has 0 bridgehead atoms. The smallest absolute Gasteiger partial charge is 0.345 e. The average molecular weight is 325 g/mol. The highest BCUT2D eigenvalue weighted by atomic mass is 32.1. The van der Waals surface area contributed by atoms with E-state index < -0.39 is 17.7 Å². The maximum Gasteiger partial charge on any atom is 0.345 e. The standard InChI is InChI=1S/C17H11NO4S/c19-15(10-4-2-1-3-5-10)16(20)18-12-7-6-11-8-14(17(21)22)23-13(11)9-12/h1-9H,(H,18,20)(H,21,22). The number of ketones is 1. The van der Waals surface area contributed by atoms with E-state index in [9.17, 15) is 14.4 Å². The lowest BCUT2D eigenvalue weighted by Crippen LogP contribution is -2.22. The van der Waals surface area contributed by atoms with Crippen molar-refractivity contribution in [3.05, 3.63) is 65.0 Å². The van der Waals surface area contributed by atoms with Crippen LogP contribution < -0.4 is 5.32 Å². The van der Waals surface area contributed by atoms with E-state index in [1.807, 2.05) is 0 Å². The predicted octanol–water partition coefficient (Wildman–Crippen LogP) is 3.42. The molecule has 0 aliphatic heterocycles. The Bertz CT molecular complexity index is 915. The number of aromatic carboxylic acids is 1. The molecular weight excluding hydrogens is 314 g/mol. The van der Waals surface area contributed by atoms with Gasteiger partial charge in [-0.25, -0.2) is 4.79 Å². The number of thiophene rings is 1. The fourth-order valence-electron chi connectivity index (χ4n) is 2.12. The molecule has 23 heavy (non-hydrogen) atoms. The summed E-state index contributed by atoms with van der Waals surface area (Å²) in [5.41, 5.74) is 0.765. The molecule has 0 unspecified atom stereocenters. The molecule has 1 amide bonds. The van der Waals surface area contributed by atoms with Crippen molar-refractivity contribution < 1.29 is 19.5 Å². The molecular formula is C17H11NO4S. The third-order valence-electron chi connectivity index (χ3n) is 3.23. The highest BCUT2D eigenvalue weighted by molar-refractivity contribution is 7.20. The molecule has 0 aliphatic carbocycles. The SMILES string of the molecule is O=C(Nc1ccc2cc(C(=O)O)sc2c1)C(=O)c1ccccc1. The number of nitrogens with one attached hydrogen (secondary N) is 1. The van der Waals surface area contributed by atoms with Gasteiger partial charge in [-0.3, -0.25) is 9.59 Å². The quantitative estimate of drug-likeness (QED) is 0.569. The highest BCUT2D eigenvalue weighted by Crippen LogP contribution is 2.28. The number of hydrogen-bond acceptors (Lipinski definition) is 4. The van der Waals surface area contributed by atoms with Crippen molar-refractivity contribution in [2.75, 3.05) is 5.32 Å². The third kappa shape index (κ3) is 3.12. The molecule has 0 atom stereocenters. The van der Waals surface area contributed by atoms with Crippen molar-refractivity contribution in [2.45, 2.75) is 0 Å². The number of carboxylic acid groups (broad SMARTS) is 1. The summed E-state index contributed by atoms with van der Waals surface area (Å²) >= 11 is 1.12. The summed E-state index contributed by atoms with van der Waals surface area (Å²) in [5.74, 6) is -2.34. The molecule has 3 aromatic rings. The first-order valence-electron chi connectivity index (χ1n) is 6.72. The number of carbonyl (C=O) groups excluding carboxylic acids is 2. The Morgan fingerprint density at radius 3 is 2.39 bits per heavy atom. The van der Waals surface area contributed by atoms with Crippen LogP contribution in [-0.2, 0) is 4.79 Å². The molecule has 5 nitrogen and oxygen atoms in total. The largest absolute Gasteiger partial charge is 0.477 e. The summed E-state index contributed by atoms with van der Waals surface area (Å²) in [5, 5.41) is 12.3. The number of benzene rings is 2. The normalized spacial score (nSPS) is 10.4. The third-order valence-corrected chi connectivity index (χ3v) is 4.32. The van der Waals surface area contributed by atoms with Crippen LogP contribution in [-0.4, -0.2) is 22.8 Å². The second-order valence-corrected chi connectivity index (χ2v) is 5.90. The number of carboxylic acids is 1. The second-order valence-electron chi connectivity index (χ2n) is 4.82. The molecule has 0 radical (unpaired) electrons. The lowest BCUT2D eigenvalue weighted by Gasteiger charge is -2.04. The topological polar surface area (TPSA) is 83.5 Å². The molecule has 2 N–H and O–H groups in total. The van der Waals surface area contributed by atoms with Crippen LogP contribution in [0.1, 0.15) is 20.0 Å². The van der Waals surface area contributed by atoms with E-state index in [0.29, 0.717) is 11.3 Å². The molecule has 0 aliphatic rings. The van der Waals surface area contributed by atoms with Gasteiger partial charge in [0.15, 0.2) is 0 Å². The predicted molar refractivity (Wildman–Crippen MR) is 88.2 cm³/mol. The van der Waals surface area contributed by atoms with Gasteiger partial charge >= 0.3 is 5.97 Å². The van der Waals surface area contributed by atoms with Crippen molar-refractivity contribution in [2.24, 2.45) is 0 Å². The summed E-state index contributed by atoms with van der Waals surface area (Å²) < 4.78 is 0.729. The first kappa shape index (κ1) is 14.9. The molecule has 6 heteroatoms. The van der Waals surface area contributed by atoms with Crippen LogP contribution in [0.4, 0.5) is 5.69 Å². The van der Waals surface area contributed by atoms with Crippen molar-refractivity contribution >= 4 is 44.8 Å². The molecule has 114 valence electrons. The van der Waals surface area contributed by atoms with E-state index in [1.165, 1.54) is 0 Å². The van der Waals surface area contributed by atoms with Crippen LogP contribution in [0, 0.1) is 0 Å². The Labute approximate surface area is 135 Å². The molecule has 1 heterocycles. The Morgan fingerprint density at radius 2 is 1.70 bits per heavy atom. The van der Waals surface area contributed by atoms with Gasteiger partial charge in [0.25, 0.3) is 11.7 Å². The van der Waals surface area contributed by atoms with Gasteiger partial charge in [-0.15, -0.1) is 11.3 Å². The van der Waals surface area contributed by atoms with Crippen LogP contribution in [0.3, 0.4) is 0 Å². The van der Waals surface area contributed by atoms with Crippen molar-refractivity contribution in [3.8, 4) is 0 Å². The Kier molecular flexibility index (Phi) is 3.91. The maximum absolute atomic E-state index is 12.0. The highest BCUT2D eigenvalue weighted by Gasteiger charge is 2.16. The lowest BCUT2D eigenvalue weighted by molar-refractivity contribution is -0.112. The monoisotopic (exact) mass is 325 g/mol. The van der Waals surface area contributed by atoms with Gasteiger partial charge in [0, 0.05) is 16.0 Å². The van der Waals surface area contributed by atoms with Gasteiger partial charge in [-0.05, 0) is 23.6 Å². The second kappa shape index (κ2) is 6.02. The molecule has 0 saturated carbocycles. The number of hydrogen-bond donors (Lipinski definition) is 2. The van der Waals surface area contributed by atoms with E-state index >= 15 is 0 Å². The Balaban J connectivity index is 1.82. The fourth-order valence-corrected chi connectivity index (χ4v) is 3.06. The zero-order valence-corrected chi connectivity index (χ0v) is 12.6. The van der Waals surface area contributed by atoms with Crippen LogP contribution in [0.2, 0.25) is 0 Å². The van der Waals surface area contributed by atoms with Gasteiger partial charge in [0.05, 0.1) is 0 Å². The van der Waals surface area contributed by atoms with Crippen LogP contribution in [0.15, 0.2) is 54.6 Å². The van der Waals surface area contributed by atoms with E-state index in [4.69, 9.17) is 5.11 Å². The van der Waals surface area contributed by atoms with Gasteiger partial charge in [0.2, 0.25) is 0 Å². The molecule has 0 saturated heterocycles. The van der Waals surface area contributed by atoms with Crippen molar-refractivity contribution in [1.29, 1.82) is 0 Å². The summed E-state index contributed by atoms with van der Waals surface area (Å²) in [7, 11) is 0. The Morgan fingerprint density at radius 1 is 0.957 bits per heavy atom. The Hall–Kier alpha value is -2.99. The molecule has 2 aromatic carbocycles. The minimum absolute atomic E-state index is 0.226. The van der Waals surface area contributed by atoms with Crippen molar-refractivity contribution in [3.63, 3.8) is 0 Å². The van der Waals surface area contributed by atoms with Crippen LogP contribution in [0.5, 0.6) is 0 Å². The van der Waals surface area contributed by atoms with E-state index in [0.717, 1.165) is 21.4 Å². The minimum atomic E-state index is -0.990. The summed E-state index contributed by atoms with van der Waals surface area (Å²) in [6, 6.07) is 14.9. The van der Waals surface area contributed by atoms with E-state index in [1.54, 1.807) is 54.6 Å². The molecule has 1 aromatic heterocycles. The van der Waals surface area contributed by atoms with E-state index in [-0.39, 0.29) is 4.88 Å². The maximum atomic E-state index is 12.0. The van der Waals surface area contributed by atoms with Crippen LogP contribution >= 0.6 is 11.3 Å². The summed E-state index contributed by atoms with van der Waals surface area (Å²) in [4.78, 5) is 35.2. The van der Waals surface area contributed by atoms with Gasteiger partial charge < -0.3 is 10.4 Å². The lowest BCUT2D eigenvalue weighted by atomic mass is 10.1. The zero-order chi connectivity index (χ0) is 16.4. The number of fused-ring (bicyclic) bond motifs is 1. The molecule has 3 rings (SSSR count). The van der Waals surface area contributed by atoms with E-state index in [2.05, 4.69) is 5.32 Å².